The van der Waals surface area contributed by atoms with Crippen LogP contribution in [0, 0.1) is 11.3 Å². The molecule has 0 unspecified atom stereocenters. The molecule has 2 aromatic rings. The van der Waals surface area contributed by atoms with Gasteiger partial charge in [-0.05, 0) is 36.4 Å². The van der Waals surface area contributed by atoms with Gasteiger partial charge in [0.1, 0.15) is 5.75 Å². The molecule has 0 aromatic heterocycles. The van der Waals surface area contributed by atoms with Crippen LogP contribution in [0.15, 0.2) is 48.5 Å². The van der Waals surface area contributed by atoms with E-state index in [0.717, 1.165) is 6.07 Å². The standard InChI is InChI=1S/C16H11F3N2O3/c17-16(18,19)24-14-4-2-1-3-13(14)21-15(22)10-23-12-7-5-11(9-20)6-8-12/h1-8H,10H2,(H,21,22). The van der Waals surface area contributed by atoms with Crippen molar-refractivity contribution < 1.29 is 27.4 Å². The number of benzene rings is 2. The molecule has 1 amide bonds. The number of rotatable bonds is 5. The maximum atomic E-state index is 12.3. The minimum absolute atomic E-state index is 0.122. The van der Waals surface area contributed by atoms with Crippen molar-refractivity contribution in [1.29, 1.82) is 5.26 Å². The third-order valence-electron chi connectivity index (χ3n) is 2.74. The fourth-order valence-electron chi connectivity index (χ4n) is 1.74. The van der Waals surface area contributed by atoms with Crippen molar-refractivity contribution in [2.24, 2.45) is 0 Å². The van der Waals surface area contributed by atoms with Crippen LogP contribution in [0.4, 0.5) is 18.9 Å². The second kappa shape index (κ2) is 7.37. The van der Waals surface area contributed by atoms with Crippen LogP contribution in [0.5, 0.6) is 11.5 Å². The van der Waals surface area contributed by atoms with E-state index in [1.54, 1.807) is 0 Å². The van der Waals surface area contributed by atoms with E-state index in [9.17, 15) is 18.0 Å². The molecule has 0 fully saturated rings. The predicted octanol–water partition coefficient (Wildman–Crippen LogP) is 3.47. The van der Waals surface area contributed by atoms with Crippen molar-refractivity contribution in [1.82, 2.24) is 0 Å². The van der Waals surface area contributed by atoms with Gasteiger partial charge in [-0.15, -0.1) is 13.2 Å². The van der Waals surface area contributed by atoms with Crippen LogP contribution in [-0.4, -0.2) is 18.9 Å². The van der Waals surface area contributed by atoms with E-state index < -0.39 is 24.6 Å². The minimum atomic E-state index is -4.86. The zero-order valence-corrected chi connectivity index (χ0v) is 12.1. The quantitative estimate of drug-likeness (QED) is 0.907. The van der Waals surface area contributed by atoms with E-state index in [0.29, 0.717) is 11.3 Å². The van der Waals surface area contributed by atoms with Crippen LogP contribution in [0.25, 0.3) is 0 Å². The summed E-state index contributed by atoms with van der Waals surface area (Å²) in [5, 5.41) is 11.0. The molecule has 0 saturated carbocycles. The van der Waals surface area contributed by atoms with Gasteiger partial charge < -0.3 is 14.8 Å². The molecule has 5 nitrogen and oxygen atoms in total. The Hall–Kier alpha value is -3.21. The fraction of sp³-hybridized carbons (Fsp3) is 0.125. The lowest BCUT2D eigenvalue weighted by atomic mass is 10.2. The van der Waals surface area contributed by atoms with Crippen LogP contribution < -0.4 is 14.8 Å². The first kappa shape index (κ1) is 17.1. The van der Waals surface area contributed by atoms with Gasteiger partial charge in [0.2, 0.25) is 0 Å². The Kier molecular flexibility index (Phi) is 5.27. The summed E-state index contributed by atoms with van der Waals surface area (Å²) in [6.07, 6.45) is -4.86. The fourth-order valence-corrected chi connectivity index (χ4v) is 1.74. The zero-order valence-electron chi connectivity index (χ0n) is 12.1. The number of halogens is 3. The number of anilines is 1. The van der Waals surface area contributed by atoms with Gasteiger partial charge in [0.15, 0.2) is 12.4 Å². The van der Waals surface area contributed by atoms with E-state index in [4.69, 9.17) is 10.00 Å². The molecule has 0 spiro atoms. The number of carbonyl (C=O) groups excluding carboxylic acids is 1. The molecule has 0 aliphatic rings. The minimum Gasteiger partial charge on any atom is -0.484 e. The van der Waals surface area contributed by atoms with Crippen molar-refractivity contribution in [3.63, 3.8) is 0 Å². The average Bonchev–Trinajstić information content (AvgIpc) is 2.54. The Labute approximate surface area is 135 Å². The van der Waals surface area contributed by atoms with E-state index in [2.05, 4.69) is 10.1 Å². The van der Waals surface area contributed by atoms with E-state index in [-0.39, 0.29) is 5.69 Å². The molecular weight excluding hydrogens is 325 g/mol. The number of alkyl halides is 3. The molecule has 0 aliphatic carbocycles. The highest BCUT2D eigenvalue weighted by molar-refractivity contribution is 5.93. The maximum Gasteiger partial charge on any atom is 0.573 e. The number of amides is 1. The molecule has 0 bridgehead atoms. The first-order valence-electron chi connectivity index (χ1n) is 6.65. The monoisotopic (exact) mass is 336 g/mol. The summed E-state index contributed by atoms with van der Waals surface area (Å²) in [4.78, 5) is 11.8. The number of carbonyl (C=O) groups is 1. The largest absolute Gasteiger partial charge is 0.573 e. The van der Waals surface area contributed by atoms with Gasteiger partial charge in [-0.3, -0.25) is 4.79 Å². The molecule has 2 aromatic carbocycles. The summed E-state index contributed by atoms with van der Waals surface area (Å²) in [5.74, 6) is -0.821. The third-order valence-corrected chi connectivity index (χ3v) is 2.74. The smallest absolute Gasteiger partial charge is 0.484 e. The highest BCUT2D eigenvalue weighted by atomic mass is 19.4. The molecular formula is C16H11F3N2O3. The number of hydrogen-bond acceptors (Lipinski definition) is 4. The van der Waals surface area contributed by atoms with Gasteiger partial charge in [-0.1, -0.05) is 12.1 Å². The highest BCUT2D eigenvalue weighted by Gasteiger charge is 2.32. The summed E-state index contributed by atoms with van der Waals surface area (Å²) >= 11 is 0. The average molecular weight is 336 g/mol. The van der Waals surface area contributed by atoms with Gasteiger partial charge in [0, 0.05) is 0 Å². The van der Waals surface area contributed by atoms with Crippen molar-refractivity contribution >= 4 is 11.6 Å². The molecule has 8 heteroatoms. The second-order valence-electron chi connectivity index (χ2n) is 4.52. The number of para-hydroxylation sites is 2. The number of nitrogens with one attached hydrogen (secondary N) is 1. The molecule has 0 aliphatic heterocycles. The van der Waals surface area contributed by atoms with Gasteiger partial charge >= 0.3 is 6.36 Å². The Balaban J connectivity index is 1.96. The molecule has 0 radical (unpaired) electrons. The highest BCUT2D eigenvalue weighted by Crippen LogP contribution is 2.29. The molecule has 124 valence electrons. The molecule has 0 saturated heterocycles. The van der Waals surface area contributed by atoms with Crippen LogP contribution in [0.3, 0.4) is 0 Å². The Morgan fingerprint density at radius 2 is 1.79 bits per heavy atom. The molecule has 0 atom stereocenters. The summed E-state index contributed by atoms with van der Waals surface area (Å²) in [5.41, 5.74) is 0.313. The molecule has 2 rings (SSSR count). The van der Waals surface area contributed by atoms with Crippen molar-refractivity contribution in [2.45, 2.75) is 6.36 Å². The molecule has 24 heavy (non-hydrogen) atoms. The normalized spacial score (nSPS) is 10.6. The van der Waals surface area contributed by atoms with Crippen molar-refractivity contribution in [2.75, 3.05) is 11.9 Å². The summed E-state index contributed by atoms with van der Waals surface area (Å²) in [6, 6.07) is 13.2. The Morgan fingerprint density at radius 3 is 2.42 bits per heavy atom. The number of ether oxygens (including phenoxy) is 2. The van der Waals surface area contributed by atoms with Crippen LogP contribution in [-0.2, 0) is 4.79 Å². The van der Waals surface area contributed by atoms with Crippen LogP contribution in [0.2, 0.25) is 0 Å². The summed E-state index contributed by atoms with van der Waals surface area (Å²) < 4.78 is 46.0. The lowest BCUT2D eigenvalue weighted by molar-refractivity contribution is -0.274. The van der Waals surface area contributed by atoms with Crippen molar-refractivity contribution in [3.8, 4) is 17.6 Å². The van der Waals surface area contributed by atoms with Gasteiger partial charge in [-0.2, -0.15) is 5.26 Å². The second-order valence-corrected chi connectivity index (χ2v) is 4.52. The Bertz CT molecular complexity index is 752. The van der Waals surface area contributed by atoms with Gasteiger partial charge in [-0.25, -0.2) is 0 Å². The lowest BCUT2D eigenvalue weighted by Crippen LogP contribution is -2.22. The summed E-state index contributed by atoms with van der Waals surface area (Å²) in [6.45, 7) is -0.410. The van der Waals surface area contributed by atoms with Gasteiger partial charge in [0.25, 0.3) is 5.91 Å². The van der Waals surface area contributed by atoms with Crippen molar-refractivity contribution in [3.05, 3.63) is 54.1 Å². The topological polar surface area (TPSA) is 71.3 Å². The lowest BCUT2D eigenvalue weighted by Gasteiger charge is -2.14. The van der Waals surface area contributed by atoms with E-state index >= 15 is 0 Å². The number of nitrogens with zero attached hydrogens (tertiary/aromatic N) is 1. The van der Waals surface area contributed by atoms with E-state index in [1.807, 2.05) is 6.07 Å². The van der Waals surface area contributed by atoms with Crippen LogP contribution in [0.1, 0.15) is 5.56 Å². The molecule has 1 N–H and O–H groups in total. The first-order chi connectivity index (χ1) is 11.4. The predicted molar refractivity (Wildman–Crippen MR) is 78.4 cm³/mol. The maximum absolute atomic E-state index is 12.3. The zero-order chi connectivity index (χ0) is 17.6. The SMILES string of the molecule is N#Cc1ccc(OCC(=O)Nc2ccccc2OC(F)(F)F)cc1. The van der Waals surface area contributed by atoms with Gasteiger partial charge in [0.05, 0.1) is 17.3 Å². The first-order valence-corrected chi connectivity index (χ1v) is 6.65. The number of hydrogen-bond donors (Lipinski definition) is 1. The third kappa shape index (κ3) is 5.21. The Morgan fingerprint density at radius 1 is 1.12 bits per heavy atom. The van der Waals surface area contributed by atoms with Crippen LogP contribution >= 0.6 is 0 Å². The molecule has 0 heterocycles. The summed E-state index contributed by atoms with van der Waals surface area (Å²) in [7, 11) is 0. The van der Waals surface area contributed by atoms with E-state index in [1.165, 1.54) is 42.5 Å². The number of nitriles is 1.